The highest BCUT2D eigenvalue weighted by Crippen LogP contribution is 2.56. The maximum Gasteiger partial charge on any atom is 0.238 e. The SMILES string of the molecule is CC(C)NCCOc1ncc(-c2cc3c(cc2F)ncc2c3[C@]3(C[C@@H](OC(C)c4ccccc4)C3)C(=O)N2C)cc1NS(C)(=O)=O. The van der Waals surface area contributed by atoms with Crippen molar-refractivity contribution >= 4 is 38.2 Å². The molecule has 0 saturated heterocycles. The first-order valence-electron chi connectivity index (χ1n) is 15.3. The molecule has 2 aromatic carbocycles. The van der Waals surface area contributed by atoms with Crippen LogP contribution in [-0.2, 0) is 25.0 Å². The second-order valence-corrected chi connectivity index (χ2v) is 14.2. The van der Waals surface area contributed by atoms with E-state index in [2.05, 4.69) is 20.0 Å². The van der Waals surface area contributed by atoms with Gasteiger partial charge in [-0.25, -0.2) is 17.8 Å². The number of nitrogens with one attached hydrogen (secondary N) is 2. The number of carbonyl (C=O) groups is 1. The molecule has 2 aromatic heterocycles. The lowest BCUT2D eigenvalue weighted by molar-refractivity contribution is -0.137. The van der Waals surface area contributed by atoms with Crippen molar-refractivity contribution in [3.05, 3.63) is 77.9 Å². The summed E-state index contributed by atoms with van der Waals surface area (Å²) in [5.74, 6) is -0.510. The molecule has 1 saturated carbocycles. The molecule has 3 heterocycles. The van der Waals surface area contributed by atoms with Gasteiger partial charge in [-0.05, 0) is 37.5 Å². The Bertz CT molecular complexity index is 1900. The van der Waals surface area contributed by atoms with Crippen LogP contribution in [0.5, 0.6) is 5.88 Å². The Morgan fingerprint density at radius 2 is 1.83 bits per heavy atom. The van der Waals surface area contributed by atoms with Gasteiger partial charge in [0.05, 0.1) is 41.3 Å². The van der Waals surface area contributed by atoms with Gasteiger partial charge < -0.3 is 19.7 Å². The molecule has 1 atom stereocenters. The zero-order valence-electron chi connectivity index (χ0n) is 26.5. The van der Waals surface area contributed by atoms with Crippen LogP contribution in [0.4, 0.5) is 15.8 Å². The molecular weight excluding hydrogens is 609 g/mol. The van der Waals surface area contributed by atoms with E-state index in [1.54, 1.807) is 24.2 Å². The summed E-state index contributed by atoms with van der Waals surface area (Å²) < 4.78 is 54.7. The number of anilines is 2. The van der Waals surface area contributed by atoms with Gasteiger partial charge in [0.15, 0.2) is 0 Å². The van der Waals surface area contributed by atoms with E-state index in [1.807, 2.05) is 51.1 Å². The van der Waals surface area contributed by atoms with Crippen LogP contribution in [0.15, 0.2) is 60.9 Å². The highest BCUT2D eigenvalue weighted by molar-refractivity contribution is 7.92. The minimum Gasteiger partial charge on any atom is -0.475 e. The molecule has 10 nitrogen and oxygen atoms in total. The average Bonchev–Trinajstić information content (AvgIpc) is 3.21. The fourth-order valence-corrected chi connectivity index (χ4v) is 7.03. The third kappa shape index (κ3) is 6.04. The van der Waals surface area contributed by atoms with Gasteiger partial charge >= 0.3 is 0 Å². The molecule has 6 rings (SSSR count). The molecule has 4 aromatic rings. The number of likely N-dealkylation sites (N-methyl/N-ethyl adjacent to an activating group) is 1. The largest absolute Gasteiger partial charge is 0.475 e. The molecule has 46 heavy (non-hydrogen) atoms. The van der Waals surface area contributed by atoms with E-state index in [1.165, 1.54) is 18.3 Å². The first-order valence-corrected chi connectivity index (χ1v) is 17.2. The number of aromatic nitrogens is 2. The Morgan fingerprint density at radius 3 is 2.52 bits per heavy atom. The lowest BCUT2D eigenvalue weighted by atomic mass is 9.62. The van der Waals surface area contributed by atoms with Gasteiger partial charge in [0, 0.05) is 54.0 Å². The third-order valence-electron chi connectivity index (χ3n) is 8.66. The number of nitrogens with zero attached hydrogens (tertiary/aromatic N) is 3. The standard InChI is InChI=1S/C34H38FN5O5S/c1-20(2)36-11-12-44-32-29(39-46(5,42)43)13-23(18-38-32)25-14-26-28(15-27(25)35)37-19-30-31(26)34(33(41)40(30)4)16-24(17-34)45-21(3)22-9-7-6-8-10-22/h6-10,13-15,18-21,24,36,39H,11-12,16-17H2,1-5H3/t21?,24-,34-. The number of carbonyl (C=O) groups excluding carboxylic acids is 1. The van der Waals surface area contributed by atoms with Crippen molar-refractivity contribution in [2.45, 2.75) is 57.3 Å². The second-order valence-electron chi connectivity index (χ2n) is 12.4. The minimum absolute atomic E-state index is 0.0374. The molecule has 0 bridgehead atoms. The number of hydrogen-bond acceptors (Lipinski definition) is 8. The maximum atomic E-state index is 15.7. The monoisotopic (exact) mass is 647 g/mol. The summed E-state index contributed by atoms with van der Waals surface area (Å²) in [6.07, 6.45) is 4.83. The smallest absolute Gasteiger partial charge is 0.238 e. The van der Waals surface area contributed by atoms with E-state index in [-0.39, 0.29) is 47.9 Å². The summed E-state index contributed by atoms with van der Waals surface area (Å²) in [6, 6.07) is 14.7. The lowest BCUT2D eigenvalue weighted by Gasteiger charge is -2.44. The van der Waals surface area contributed by atoms with Crippen LogP contribution < -0.4 is 19.7 Å². The molecule has 0 radical (unpaired) electrons. The first-order chi connectivity index (χ1) is 21.9. The van der Waals surface area contributed by atoms with E-state index in [9.17, 15) is 13.2 Å². The van der Waals surface area contributed by atoms with Crippen molar-refractivity contribution in [3.63, 3.8) is 0 Å². The van der Waals surface area contributed by atoms with E-state index >= 15 is 4.39 Å². The van der Waals surface area contributed by atoms with E-state index in [0.717, 1.165) is 17.4 Å². The number of ether oxygens (including phenoxy) is 2. The molecule has 1 fully saturated rings. The number of sulfonamides is 1. The highest BCUT2D eigenvalue weighted by atomic mass is 32.2. The number of halogens is 1. The molecule has 1 unspecified atom stereocenters. The molecule has 1 aliphatic heterocycles. The van der Waals surface area contributed by atoms with Crippen LogP contribution in [0.2, 0.25) is 0 Å². The molecule has 1 amide bonds. The maximum absolute atomic E-state index is 15.7. The van der Waals surface area contributed by atoms with Gasteiger partial charge in [-0.1, -0.05) is 44.2 Å². The van der Waals surface area contributed by atoms with Crippen molar-refractivity contribution < 1.29 is 27.1 Å². The topological polar surface area (TPSA) is 123 Å². The van der Waals surface area contributed by atoms with Gasteiger partial charge in [0.25, 0.3) is 0 Å². The van der Waals surface area contributed by atoms with Crippen molar-refractivity contribution in [3.8, 4) is 17.0 Å². The number of benzene rings is 2. The van der Waals surface area contributed by atoms with E-state index in [0.29, 0.717) is 41.5 Å². The molecule has 242 valence electrons. The van der Waals surface area contributed by atoms with Crippen molar-refractivity contribution in [1.29, 1.82) is 0 Å². The van der Waals surface area contributed by atoms with Gasteiger partial charge in [-0.2, -0.15) is 0 Å². The molecule has 1 aliphatic carbocycles. The number of fused-ring (bicyclic) bond motifs is 4. The first kappa shape index (κ1) is 31.8. The number of hydrogen-bond donors (Lipinski definition) is 2. The van der Waals surface area contributed by atoms with Crippen molar-refractivity contribution in [1.82, 2.24) is 15.3 Å². The van der Waals surface area contributed by atoms with Gasteiger partial charge in [0.2, 0.25) is 21.8 Å². The zero-order valence-corrected chi connectivity index (χ0v) is 27.3. The van der Waals surface area contributed by atoms with Crippen LogP contribution in [0, 0.1) is 5.82 Å². The Kier molecular flexibility index (Phi) is 8.47. The summed E-state index contributed by atoms with van der Waals surface area (Å²) in [7, 11) is -1.96. The summed E-state index contributed by atoms with van der Waals surface area (Å²) in [4.78, 5) is 24.2. The van der Waals surface area contributed by atoms with Gasteiger partial charge in [-0.3, -0.25) is 14.5 Å². The Morgan fingerprint density at radius 1 is 1.09 bits per heavy atom. The van der Waals surface area contributed by atoms with Crippen LogP contribution in [0.25, 0.3) is 22.0 Å². The van der Waals surface area contributed by atoms with Crippen LogP contribution in [-0.4, -0.2) is 62.9 Å². The van der Waals surface area contributed by atoms with Crippen LogP contribution in [0.1, 0.15) is 50.8 Å². The zero-order chi connectivity index (χ0) is 32.8. The van der Waals surface area contributed by atoms with E-state index in [4.69, 9.17) is 9.47 Å². The second kappa shape index (κ2) is 12.2. The van der Waals surface area contributed by atoms with Crippen LogP contribution >= 0.6 is 0 Å². The molecule has 12 heteroatoms. The minimum atomic E-state index is -3.70. The third-order valence-corrected chi connectivity index (χ3v) is 9.25. The quantitative estimate of drug-likeness (QED) is 0.209. The molecule has 1 spiro atoms. The predicted octanol–water partition coefficient (Wildman–Crippen LogP) is 5.34. The Balaban J connectivity index is 1.35. The van der Waals surface area contributed by atoms with Gasteiger partial charge in [0.1, 0.15) is 18.1 Å². The summed E-state index contributed by atoms with van der Waals surface area (Å²) in [5.41, 5.74) is 2.79. The molecular formula is C34H38FN5O5S. The highest BCUT2D eigenvalue weighted by Gasteiger charge is 2.59. The fraction of sp³-hybridized carbons (Fsp3) is 0.382. The lowest BCUT2D eigenvalue weighted by Crippen LogP contribution is -2.52. The van der Waals surface area contributed by atoms with Crippen molar-refractivity contribution in [2.24, 2.45) is 0 Å². The molecule has 2 aliphatic rings. The normalized spacial score (nSPS) is 19.8. The summed E-state index contributed by atoms with van der Waals surface area (Å²) in [6.45, 7) is 6.80. The number of pyridine rings is 2. The summed E-state index contributed by atoms with van der Waals surface area (Å²) >= 11 is 0. The van der Waals surface area contributed by atoms with Crippen LogP contribution in [0.3, 0.4) is 0 Å². The van der Waals surface area contributed by atoms with E-state index < -0.39 is 21.3 Å². The summed E-state index contributed by atoms with van der Waals surface area (Å²) in [5, 5.41) is 3.88. The Labute approximate surface area is 268 Å². The van der Waals surface area contributed by atoms with Crippen molar-refractivity contribution in [2.75, 3.05) is 36.1 Å². The average molecular weight is 648 g/mol. The number of amides is 1. The number of rotatable bonds is 11. The molecule has 2 N–H and O–H groups in total. The van der Waals surface area contributed by atoms with Gasteiger partial charge in [-0.15, -0.1) is 0 Å². The Hall–Kier alpha value is -4.13. The predicted molar refractivity (Wildman–Crippen MR) is 176 cm³/mol. The fourth-order valence-electron chi connectivity index (χ4n) is 6.49.